The number of rotatable bonds is 4. The Balaban J connectivity index is 1.70. The molecule has 0 aliphatic carbocycles. The molecule has 0 saturated carbocycles. The lowest BCUT2D eigenvalue weighted by atomic mass is 9.98. The minimum atomic E-state index is -0.691. The quantitative estimate of drug-likeness (QED) is 0.266. The van der Waals surface area contributed by atoms with Gasteiger partial charge >= 0.3 is 5.97 Å². The second-order valence-electron chi connectivity index (χ2n) is 7.71. The molecule has 0 radical (unpaired) electrons. The van der Waals surface area contributed by atoms with Gasteiger partial charge in [-0.15, -0.1) is 0 Å². The predicted molar refractivity (Wildman–Crippen MR) is 135 cm³/mol. The highest BCUT2D eigenvalue weighted by molar-refractivity contribution is 9.10. The molecule has 0 N–H and O–H groups in total. The van der Waals surface area contributed by atoms with Crippen LogP contribution in [0.25, 0.3) is 11.0 Å². The molecule has 1 unspecified atom stereocenters. The summed E-state index contributed by atoms with van der Waals surface area (Å²) < 4.78 is 12.6. The van der Waals surface area contributed by atoms with Crippen LogP contribution in [0, 0.1) is 0 Å². The van der Waals surface area contributed by atoms with Crippen molar-refractivity contribution in [2.45, 2.75) is 13.0 Å². The summed E-state index contributed by atoms with van der Waals surface area (Å²) in [5.74, 6) is -0.848. The van der Waals surface area contributed by atoms with Gasteiger partial charge in [0.15, 0.2) is 5.43 Å². The summed E-state index contributed by atoms with van der Waals surface area (Å²) >= 11 is 6.84. The number of anilines is 1. The van der Waals surface area contributed by atoms with Crippen molar-refractivity contribution in [3.8, 4) is 0 Å². The van der Waals surface area contributed by atoms with E-state index in [0.29, 0.717) is 22.2 Å². The van der Waals surface area contributed by atoms with Crippen molar-refractivity contribution in [1.82, 2.24) is 0 Å². The molecule has 0 fully saturated rings. The molecule has 34 heavy (non-hydrogen) atoms. The van der Waals surface area contributed by atoms with Crippen LogP contribution in [0.4, 0.5) is 5.69 Å². The van der Waals surface area contributed by atoms with Crippen molar-refractivity contribution in [2.75, 3.05) is 11.5 Å². The molecule has 1 atom stereocenters. The zero-order chi connectivity index (χ0) is 24.0. The smallest absolute Gasteiger partial charge is 0.338 e. The summed E-state index contributed by atoms with van der Waals surface area (Å²) in [4.78, 5) is 40.9. The Morgan fingerprint density at radius 3 is 2.32 bits per heavy atom. The first-order chi connectivity index (χ1) is 16.4. The van der Waals surface area contributed by atoms with E-state index in [1.807, 2.05) is 24.3 Å². The molecule has 0 bridgehead atoms. The molecule has 6 nitrogen and oxygen atoms in total. The minimum Gasteiger partial charge on any atom is -0.462 e. The van der Waals surface area contributed by atoms with Crippen LogP contribution in [0.15, 0.2) is 84.9 Å². The monoisotopic (exact) mass is 581 g/mol. The van der Waals surface area contributed by atoms with Crippen molar-refractivity contribution in [3.05, 3.63) is 108 Å². The van der Waals surface area contributed by atoms with Crippen LogP contribution in [-0.2, 0) is 4.74 Å². The van der Waals surface area contributed by atoms with E-state index in [4.69, 9.17) is 9.15 Å². The molecule has 5 rings (SSSR count). The number of benzene rings is 3. The molecule has 4 aromatic rings. The van der Waals surface area contributed by atoms with Gasteiger partial charge < -0.3 is 9.15 Å². The molecule has 1 aliphatic heterocycles. The van der Waals surface area contributed by atoms with Crippen LogP contribution >= 0.6 is 31.9 Å². The lowest BCUT2D eigenvalue weighted by Crippen LogP contribution is -2.29. The summed E-state index contributed by atoms with van der Waals surface area (Å²) in [6.07, 6.45) is 0. The average molecular weight is 583 g/mol. The molecular weight excluding hydrogens is 566 g/mol. The van der Waals surface area contributed by atoms with Gasteiger partial charge in [-0.2, -0.15) is 0 Å². The number of nitrogens with zero attached hydrogens (tertiary/aromatic N) is 1. The topological polar surface area (TPSA) is 76.8 Å². The zero-order valence-corrected chi connectivity index (χ0v) is 21.1. The van der Waals surface area contributed by atoms with Crippen LogP contribution in [0.2, 0.25) is 0 Å². The van der Waals surface area contributed by atoms with Gasteiger partial charge in [0.1, 0.15) is 5.58 Å². The highest BCUT2D eigenvalue weighted by atomic mass is 79.9. The lowest BCUT2D eigenvalue weighted by Gasteiger charge is -2.25. The lowest BCUT2D eigenvalue weighted by molar-refractivity contribution is 0.0526. The third-order valence-corrected chi connectivity index (χ3v) is 6.70. The maximum atomic E-state index is 13.6. The van der Waals surface area contributed by atoms with E-state index in [9.17, 15) is 14.4 Å². The van der Waals surface area contributed by atoms with Crippen molar-refractivity contribution in [2.24, 2.45) is 0 Å². The fraction of sp³-hybridized carbons (Fsp3) is 0.115. The number of halogens is 2. The molecule has 3 aromatic carbocycles. The van der Waals surface area contributed by atoms with Gasteiger partial charge in [-0.05, 0) is 67.1 Å². The second-order valence-corrected chi connectivity index (χ2v) is 9.54. The summed E-state index contributed by atoms with van der Waals surface area (Å²) in [5.41, 5.74) is 2.03. The number of carbonyl (C=O) groups is 2. The summed E-state index contributed by atoms with van der Waals surface area (Å²) in [6.45, 7) is 2.01. The van der Waals surface area contributed by atoms with Gasteiger partial charge in [0.2, 0.25) is 5.76 Å². The summed E-state index contributed by atoms with van der Waals surface area (Å²) in [7, 11) is 0. The van der Waals surface area contributed by atoms with Crippen molar-refractivity contribution in [3.63, 3.8) is 0 Å². The van der Waals surface area contributed by atoms with Crippen LogP contribution in [0.5, 0.6) is 0 Å². The number of amides is 1. The Hall–Kier alpha value is -3.23. The number of hydrogen-bond acceptors (Lipinski definition) is 5. The third kappa shape index (κ3) is 3.76. The van der Waals surface area contributed by atoms with Crippen LogP contribution in [-0.4, -0.2) is 18.5 Å². The summed E-state index contributed by atoms with van der Waals surface area (Å²) in [5, 5.41) is 0.391. The van der Waals surface area contributed by atoms with Gasteiger partial charge in [-0.25, -0.2) is 4.79 Å². The number of esters is 1. The third-order valence-electron chi connectivity index (χ3n) is 5.67. The number of ether oxygens (including phenoxy) is 1. The molecule has 170 valence electrons. The average Bonchev–Trinajstić information content (AvgIpc) is 3.13. The normalized spacial score (nSPS) is 15.0. The van der Waals surface area contributed by atoms with E-state index >= 15 is 0 Å². The van der Waals surface area contributed by atoms with E-state index in [0.717, 1.165) is 14.5 Å². The van der Waals surface area contributed by atoms with E-state index in [1.54, 1.807) is 49.4 Å². The Labute approximate surface area is 211 Å². The van der Waals surface area contributed by atoms with Gasteiger partial charge in [0, 0.05) is 14.6 Å². The predicted octanol–water partition coefficient (Wildman–Crippen LogP) is 6.24. The molecule has 2 heterocycles. The van der Waals surface area contributed by atoms with Crippen LogP contribution in [0.3, 0.4) is 0 Å². The zero-order valence-electron chi connectivity index (χ0n) is 17.9. The van der Waals surface area contributed by atoms with Crippen molar-refractivity contribution >= 4 is 60.4 Å². The van der Waals surface area contributed by atoms with Crippen molar-refractivity contribution < 1.29 is 18.7 Å². The highest BCUT2D eigenvalue weighted by Crippen LogP contribution is 2.41. The second kappa shape index (κ2) is 8.85. The Morgan fingerprint density at radius 2 is 1.65 bits per heavy atom. The van der Waals surface area contributed by atoms with Gasteiger partial charge in [-0.1, -0.05) is 44.0 Å². The Bertz CT molecular complexity index is 1490. The van der Waals surface area contributed by atoms with Crippen molar-refractivity contribution in [1.29, 1.82) is 0 Å². The first-order valence-electron chi connectivity index (χ1n) is 10.5. The number of fused-ring (bicyclic) bond motifs is 2. The van der Waals surface area contributed by atoms with E-state index < -0.39 is 17.9 Å². The maximum Gasteiger partial charge on any atom is 0.338 e. The fourth-order valence-corrected chi connectivity index (χ4v) is 4.77. The van der Waals surface area contributed by atoms with Crippen LogP contribution in [0.1, 0.15) is 45.0 Å². The highest BCUT2D eigenvalue weighted by Gasteiger charge is 2.43. The number of carbonyl (C=O) groups excluding carboxylic acids is 2. The van der Waals surface area contributed by atoms with Gasteiger partial charge in [-0.3, -0.25) is 14.5 Å². The van der Waals surface area contributed by atoms with E-state index in [1.165, 1.54) is 4.90 Å². The first kappa shape index (κ1) is 22.6. The minimum absolute atomic E-state index is 0.0159. The molecule has 0 saturated heterocycles. The molecule has 0 spiro atoms. The molecular formula is C26H17Br2NO5. The Morgan fingerprint density at radius 1 is 0.971 bits per heavy atom. The SMILES string of the molecule is CCOC(=O)c1ccc(N2C(=O)c3oc4ccc(Br)cc4c(=O)c3C2c2ccc(Br)cc2)cc1. The molecule has 1 aliphatic rings. The van der Waals surface area contributed by atoms with Gasteiger partial charge in [0.05, 0.1) is 29.2 Å². The van der Waals surface area contributed by atoms with E-state index in [2.05, 4.69) is 31.9 Å². The summed E-state index contributed by atoms with van der Waals surface area (Å²) in [6, 6.07) is 18.4. The first-order valence-corrected chi connectivity index (χ1v) is 12.1. The standard InChI is InChI=1S/C26H17Br2NO5/c1-2-33-26(32)15-5-10-18(11-6-15)29-22(14-3-7-16(27)8-4-14)21-23(30)19-13-17(28)9-12-20(19)34-24(21)25(29)31/h3-13,22H,2H2,1H3. The van der Waals surface area contributed by atoms with Crippen LogP contribution < -0.4 is 10.3 Å². The molecule has 1 aromatic heterocycles. The molecule has 1 amide bonds. The van der Waals surface area contributed by atoms with E-state index in [-0.39, 0.29) is 23.4 Å². The fourth-order valence-electron chi connectivity index (χ4n) is 4.14. The molecule has 8 heteroatoms. The Kier molecular flexibility index (Phi) is 5.87. The maximum absolute atomic E-state index is 13.6. The number of hydrogen-bond donors (Lipinski definition) is 0. The van der Waals surface area contributed by atoms with Gasteiger partial charge in [0.25, 0.3) is 5.91 Å². The largest absolute Gasteiger partial charge is 0.462 e.